The molecule has 0 aliphatic heterocycles. The number of nitrogens with zero attached hydrogens (tertiary/aromatic N) is 3. The van der Waals surface area contributed by atoms with Gasteiger partial charge in [-0.1, -0.05) is 25.1 Å². The number of hydrogen-bond acceptors (Lipinski definition) is 3. The third-order valence-electron chi connectivity index (χ3n) is 3.48. The lowest BCUT2D eigenvalue weighted by Gasteiger charge is -2.05. The Hall–Kier alpha value is -2.95. The Bertz CT molecular complexity index is 796. The third kappa shape index (κ3) is 2.37. The molecule has 2 heterocycles. The van der Waals surface area contributed by atoms with Crippen LogP contribution in [0.5, 0.6) is 0 Å². The predicted octanol–water partition coefficient (Wildman–Crippen LogP) is 3.19. The minimum Gasteiger partial charge on any atom is -0.478 e. The van der Waals surface area contributed by atoms with E-state index >= 15 is 0 Å². The number of hydrogen-bond donors (Lipinski definition) is 1. The molecule has 0 spiro atoms. The summed E-state index contributed by atoms with van der Waals surface area (Å²) in [5.41, 5.74) is 3.00. The molecule has 0 amide bonds. The van der Waals surface area contributed by atoms with Gasteiger partial charge < -0.3 is 5.11 Å². The predicted molar refractivity (Wildman–Crippen MR) is 83.1 cm³/mol. The Kier molecular flexibility index (Phi) is 3.70. The molecular formula is C17H15N3O2. The zero-order chi connectivity index (χ0) is 15.5. The molecule has 0 bridgehead atoms. The number of carboxylic acid groups (broad SMARTS) is 1. The van der Waals surface area contributed by atoms with E-state index in [0.29, 0.717) is 17.8 Å². The van der Waals surface area contributed by atoms with Crippen LogP contribution in [-0.2, 0) is 6.42 Å². The summed E-state index contributed by atoms with van der Waals surface area (Å²) in [7, 11) is 0. The lowest BCUT2D eigenvalue weighted by atomic mass is 10.1. The summed E-state index contributed by atoms with van der Waals surface area (Å²) < 4.78 is 1.71. The molecule has 0 saturated heterocycles. The van der Waals surface area contributed by atoms with Gasteiger partial charge in [-0.25, -0.2) is 9.48 Å². The largest absolute Gasteiger partial charge is 0.478 e. The van der Waals surface area contributed by atoms with Gasteiger partial charge in [0.1, 0.15) is 11.3 Å². The summed E-state index contributed by atoms with van der Waals surface area (Å²) >= 11 is 0. The lowest BCUT2D eigenvalue weighted by molar-refractivity contribution is 0.0696. The molecule has 3 aromatic rings. The number of pyridine rings is 1. The molecule has 0 aliphatic carbocycles. The van der Waals surface area contributed by atoms with Crippen LogP contribution in [0.2, 0.25) is 0 Å². The summed E-state index contributed by atoms with van der Waals surface area (Å²) in [6.07, 6.45) is 3.84. The topological polar surface area (TPSA) is 68.0 Å². The van der Waals surface area contributed by atoms with Gasteiger partial charge in [-0.05, 0) is 30.7 Å². The second-order valence-electron chi connectivity index (χ2n) is 4.81. The average Bonchev–Trinajstić information content (AvgIpc) is 2.96. The zero-order valence-electron chi connectivity index (χ0n) is 12.1. The molecule has 0 atom stereocenters. The van der Waals surface area contributed by atoms with Crippen LogP contribution in [0.25, 0.3) is 16.9 Å². The molecule has 5 nitrogen and oxygen atoms in total. The number of carbonyl (C=O) groups is 1. The van der Waals surface area contributed by atoms with E-state index in [0.717, 1.165) is 11.3 Å². The Labute approximate surface area is 127 Å². The first-order valence-electron chi connectivity index (χ1n) is 7.03. The SMILES string of the molecule is CCc1c(C(=O)O)c(-c2ccncc2)nn1-c1ccccc1. The van der Waals surface area contributed by atoms with Gasteiger partial charge in [0.05, 0.1) is 11.4 Å². The molecular weight excluding hydrogens is 278 g/mol. The highest BCUT2D eigenvalue weighted by molar-refractivity contribution is 5.96. The number of carboxylic acids is 1. The van der Waals surface area contributed by atoms with E-state index in [1.165, 1.54) is 0 Å². The Morgan fingerprint density at radius 2 is 1.82 bits per heavy atom. The number of aromatic carboxylic acids is 1. The van der Waals surface area contributed by atoms with Gasteiger partial charge in [0.15, 0.2) is 0 Å². The molecule has 0 aliphatic rings. The van der Waals surface area contributed by atoms with Crippen molar-refractivity contribution in [2.24, 2.45) is 0 Å². The van der Waals surface area contributed by atoms with Crippen molar-refractivity contribution in [3.8, 4) is 16.9 Å². The monoisotopic (exact) mass is 293 g/mol. The van der Waals surface area contributed by atoms with Crippen molar-refractivity contribution in [3.63, 3.8) is 0 Å². The van der Waals surface area contributed by atoms with Gasteiger partial charge >= 0.3 is 5.97 Å². The van der Waals surface area contributed by atoms with Crippen LogP contribution in [-0.4, -0.2) is 25.8 Å². The first kappa shape index (κ1) is 14.0. The van der Waals surface area contributed by atoms with Crippen molar-refractivity contribution in [1.82, 2.24) is 14.8 Å². The van der Waals surface area contributed by atoms with E-state index in [9.17, 15) is 9.90 Å². The smallest absolute Gasteiger partial charge is 0.339 e. The van der Waals surface area contributed by atoms with Crippen molar-refractivity contribution in [1.29, 1.82) is 0 Å². The van der Waals surface area contributed by atoms with E-state index in [1.807, 2.05) is 37.3 Å². The maximum Gasteiger partial charge on any atom is 0.339 e. The van der Waals surface area contributed by atoms with Crippen LogP contribution in [0.15, 0.2) is 54.9 Å². The van der Waals surface area contributed by atoms with Gasteiger partial charge in [-0.2, -0.15) is 5.10 Å². The van der Waals surface area contributed by atoms with Crippen LogP contribution in [0.3, 0.4) is 0 Å². The molecule has 1 aromatic carbocycles. The van der Waals surface area contributed by atoms with E-state index in [2.05, 4.69) is 10.1 Å². The number of aromatic nitrogens is 3. The number of rotatable bonds is 4. The second kappa shape index (κ2) is 5.81. The fourth-order valence-electron chi connectivity index (χ4n) is 2.50. The lowest BCUT2D eigenvalue weighted by Crippen LogP contribution is -2.05. The van der Waals surface area contributed by atoms with Gasteiger partial charge in [-0.3, -0.25) is 4.98 Å². The third-order valence-corrected chi connectivity index (χ3v) is 3.48. The quantitative estimate of drug-likeness (QED) is 0.802. The molecule has 2 aromatic heterocycles. The first-order valence-corrected chi connectivity index (χ1v) is 7.03. The highest BCUT2D eigenvalue weighted by Gasteiger charge is 2.23. The molecule has 22 heavy (non-hydrogen) atoms. The van der Waals surface area contributed by atoms with E-state index in [4.69, 9.17) is 0 Å². The zero-order valence-corrected chi connectivity index (χ0v) is 12.1. The minimum absolute atomic E-state index is 0.248. The molecule has 0 saturated carbocycles. The Balaban J connectivity index is 2.27. The normalized spacial score (nSPS) is 10.6. The summed E-state index contributed by atoms with van der Waals surface area (Å²) in [5.74, 6) is -0.967. The minimum atomic E-state index is -0.967. The summed E-state index contributed by atoms with van der Waals surface area (Å²) in [6, 6.07) is 13.1. The Morgan fingerprint density at radius 1 is 1.14 bits per heavy atom. The van der Waals surface area contributed by atoms with E-state index in [-0.39, 0.29) is 5.56 Å². The van der Waals surface area contributed by atoms with Crippen molar-refractivity contribution in [2.75, 3.05) is 0 Å². The highest BCUT2D eigenvalue weighted by atomic mass is 16.4. The van der Waals surface area contributed by atoms with Gasteiger partial charge in [0.2, 0.25) is 0 Å². The maximum absolute atomic E-state index is 11.8. The molecule has 0 unspecified atom stereocenters. The van der Waals surface area contributed by atoms with Crippen molar-refractivity contribution < 1.29 is 9.90 Å². The molecule has 3 rings (SSSR count). The fraction of sp³-hybridized carbons (Fsp3) is 0.118. The van der Waals surface area contributed by atoms with Crippen molar-refractivity contribution >= 4 is 5.97 Å². The maximum atomic E-state index is 11.8. The molecule has 5 heteroatoms. The molecule has 110 valence electrons. The van der Waals surface area contributed by atoms with E-state index < -0.39 is 5.97 Å². The number of para-hydroxylation sites is 1. The Morgan fingerprint density at radius 3 is 2.41 bits per heavy atom. The highest BCUT2D eigenvalue weighted by Crippen LogP contribution is 2.27. The van der Waals surface area contributed by atoms with Crippen molar-refractivity contribution in [3.05, 3.63) is 66.1 Å². The van der Waals surface area contributed by atoms with Gasteiger partial charge in [0, 0.05) is 18.0 Å². The summed E-state index contributed by atoms with van der Waals surface area (Å²) in [6.45, 7) is 1.93. The first-order chi connectivity index (χ1) is 10.7. The standard InChI is InChI=1S/C17H15N3O2/c1-2-14-15(17(21)22)16(12-8-10-18-11-9-12)19-20(14)13-6-4-3-5-7-13/h3-11H,2H2,1H3,(H,21,22). The molecule has 1 N–H and O–H groups in total. The average molecular weight is 293 g/mol. The van der Waals surface area contributed by atoms with Crippen LogP contribution in [0, 0.1) is 0 Å². The molecule has 0 radical (unpaired) electrons. The molecule has 0 fully saturated rings. The van der Waals surface area contributed by atoms with Crippen LogP contribution in [0.4, 0.5) is 0 Å². The summed E-state index contributed by atoms with van der Waals surface area (Å²) in [4.78, 5) is 15.7. The van der Waals surface area contributed by atoms with Crippen LogP contribution >= 0.6 is 0 Å². The van der Waals surface area contributed by atoms with Crippen molar-refractivity contribution in [2.45, 2.75) is 13.3 Å². The fourth-order valence-corrected chi connectivity index (χ4v) is 2.50. The number of benzene rings is 1. The second-order valence-corrected chi connectivity index (χ2v) is 4.81. The van der Waals surface area contributed by atoms with Crippen LogP contribution < -0.4 is 0 Å². The van der Waals surface area contributed by atoms with E-state index in [1.54, 1.807) is 29.2 Å². The van der Waals surface area contributed by atoms with Gasteiger partial charge in [-0.15, -0.1) is 0 Å². The van der Waals surface area contributed by atoms with Gasteiger partial charge in [0.25, 0.3) is 0 Å². The van der Waals surface area contributed by atoms with Crippen LogP contribution in [0.1, 0.15) is 23.0 Å². The summed E-state index contributed by atoms with van der Waals surface area (Å²) in [5, 5.41) is 14.2.